The van der Waals surface area contributed by atoms with Crippen molar-refractivity contribution in [2.75, 3.05) is 0 Å². The third kappa shape index (κ3) is 2.29. The van der Waals surface area contributed by atoms with Crippen molar-refractivity contribution in [2.24, 2.45) is 5.73 Å². The first-order valence-corrected chi connectivity index (χ1v) is 7.30. The first-order valence-electron chi connectivity index (χ1n) is 6.50. The fourth-order valence-corrected chi connectivity index (χ4v) is 3.18. The Balaban J connectivity index is 1.82. The molecule has 2 aliphatic heterocycles. The van der Waals surface area contributed by atoms with Crippen LogP contribution in [0, 0.1) is 0 Å². The fraction of sp³-hybridized carbons (Fsp3) is 0.571. The standard InChI is InChI=1S/C14H18BrNO2/c1-8-2-5-12(17-8)14-7-11(16)10-4-3-9(15)6-13(10)18-14/h3-4,6,8,11-12,14H,2,5,7,16H2,1H3. The van der Waals surface area contributed by atoms with Gasteiger partial charge >= 0.3 is 0 Å². The van der Waals surface area contributed by atoms with Gasteiger partial charge in [-0.15, -0.1) is 0 Å². The Bertz CT molecular complexity index is 451. The summed E-state index contributed by atoms with van der Waals surface area (Å²) in [6.07, 6.45) is 3.66. The molecule has 18 heavy (non-hydrogen) atoms. The molecule has 0 bridgehead atoms. The number of benzene rings is 1. The highest BCUT2D eigenvalue weighted by Gasteiger charge is 2.36. The van der Waals surface area contributed by atoms with Crippen molar-refractivity contribution in [3.05, 3.63) is 28.2 Å². The van der Waals surface area contributed by atoms with Crippen LogP contribution < -0.4 is 10.5 Å². The molecule has 0 saturated carbocycles. The average molecular weight is 312 g/mol. The van der Waals surface area contributed by atoms with E-state index in [0.29, 0.717) is 6.10 Å². The molecule has 4 heteroatoms. The van der Waals surface area contributed by atoms with Crippen molar-refractivity contribution in [2.45, 2.75) is 50.5 Å². The predicted molar refractivity (Wildman–Crippen MR) is 73.7 cm³/mol. The zero-order valence-corrected chi connectivity index (χ0v) is 12.0. The highest BCUT2D eigenvalue weighted by molar-refractivity contribution is 9.10. The molecule has 1 fully saturated rings. The molecule has 2 aliphatic rings. The van der Waals surface area contributed by atoms with Gasteiger partial charge in [-0.2, -0.15) is 0 Å². The number of halogens is 1. The number of rotatable bonds is 1. The van der Waals surface area contributed by atoms with Crippen LogP contribution in [0.2, 0.25) is 0 Å². The first kappa shape index (κ1) is 12.5. The molecule has 98 valence electrons. The zero-order valence-electron chi connectivity index (χ0n) is 10.4. The van der Waals surface area contributed by atoms with Crippen molar-refractivity contribution in [3.8, 4) is 5.75 Å². The van der Waals surface area contributed by atoms with Gasteiger partial charge in [0, 0.05) is 22.5 Å². The second kappa shape index (κ2) is 4.83. The Morgan fingerprint density at radius 1 is 1.28 bits per heavy atom. The number of fused-ring (bicyclic) bond motifs is 1. The van der Waals surface area contributed by atoms with Gasteiger partial charge in [0.2, 0.25) is 0 Å². The molecule has 3 rings (SSSR count). The van der Waals surface area contributed by atoms with E-state index in [1.165, 1.54) is 0 Å². The lowest BCUT2D eigenvalue weighted by atomic mass is 9.94. The molecule has 0 radical (unpaired) electrons. The number of hydrogen-bond donors (Lipinski definition) is 1. The molecule has 1 saturated heterocycles. The minimum Gasteiger partial charge on any atom is -0.487 e. The minimum atomic E-state index is 0.0476. The predicted octanol–water partition coefficient (Wildman–Crippen LogP) is 3.17. The lowest BCUT2D eigenvalue weighted by Gasteiger charge is -2.33. The number of ether oxygens (including phenoxy) is 2. The van der Waals surface area contributed by atoms with Crippen LogP contribution in [0.3, 0.4) is 0 Å². The van der Waals surface area contributed by atoms with E-state index >= 15 is 0 Å². The zero-order chi connectivity index (χ0) is 12.7. The van der Waals surface area contributed by atoms with Crippen LogP contribution in [-0.2, 0) is 4.74 Å². The number of nitrogens with two attached hydrogens (primary N) is 1. The summed E-state index contributed by atoms with van der Waals surface area (Å²) in [5.74, 6) is 0.899. The van der Waals surface area contributed by atoms with E-state index in [9.17, 15) is 0 Å². The number of hydrogen-bond acceptors (Lipinski definition) is 3. The highest BCUT2D eigenvalue weighted by atomic mass is 79.9. The summed E-state index contributed by atoms with van der Waals surface area (Å²) < 4.78 is 13.0. The van der Waals surface area contributed by atoms with Crippen LogP contribution in [0.25, 0.3) is 0 Å². The second-order valence-corrected chi connectivity index (χ2v) is 6.16. The minimum absolute atomic E-state index is 0.0476. The quantitative estimate of drug-likeness (QED) is 0.866. The molecule has 1 aromatic rings. The van der Waals surface area contributed by atoms with E-state index in [2.05, 4.69) is 22.9 Å². The topological polar surface area (TPSA) is 44.5 Å². The van der Waals surface area contributed by atoms with Gasteiger partial charge in [-0.25, -0.2) is 0 Å². The van der Waals surface area contributed by atoms with Crippen molar-refractivity contribution in [1.29, 1.82) is 0 Å². The van der Waals surface area contributed by atoms with Gasteiger partial charge in [0.05, 0.1) is 12.2 Å². The third-order valence-corrected chi connectivity index (χ3v) is 4.31. The monoisotopic (exact) mass is 311 g/mol. The highest BCUT2D eigenvalue weighted by Crippen LogP contribution is 2.38. The summed E-state index contributed by atoms with van der Waals surface area (Å²) in [5.41, 5.74) is 7.34. The maximum atomic E-state index is 6.24. The third-order valence-electron chi connectivity index (χ3n) is 3.82. The van der Waals surface area contributed by atoms with Crippen LogP contribution in [0.1, 0.15) is 37.8 Å². The Kier molecular flexibility index (Phi) is 3.34. The SMILES string of the molecule is CC1CCC(C2CC(N)c3ccc(Br)cc3O2)O1. The van der Waals surface area contributed by atoms with Crippen molar-refractivity contribution >= 4 is 15.9 Å². The van der Waals surface area contributed by atoms with E-state index in [1.54, 1.807) is 0 Å². The second-order valence-electron chi connectivity index (χ2n) is 5.24. The summed E-state index contributed by atoms with van der Waals surface area (Å²) in [6.45, 7) is 2.12. The normalized spacial score (nSPS) is 35.1. The molecular weight excluding hydrogens is 294 g/mol. The molecule has 0 amide bonds. The lowest BCUT2D eigenvalue weighted by Crippen LogP contribution is -2.38. The molecule has 0 spiro atoms. The summed E-state index contributed by atoms with van der Waals surface area (Å²) in [6, 6.07) is 6.10. The van der Waals surface area contributed by atoms with Crippen LogP contribution >= 0.6 is 15.9 Å². The molecule has 1 aromatic carbocycles. The first-order chi connectivity index (χ1) is 8.63. The van der Waals surface area contributed by atoms with Crippen molar-refractivity contribution in [3.63, 3.8) is 0 Å². The van der Waals surface area contributed by atoms with Gasteiger partial charge in [-0.05, 0) is 31.9 Å². The molecule has 0 aliphatic carbocycles. The van der Waals surface area contributed by atoms with Crippen LogP contribution in [0.15, 0.2) is 22.7 Å². The Morgan fingerprint density at radius 3 is 2.83 bits per heavy atom. The van der Waals surface area contributed by atoms with Crippen LogP contribution in [0.4, 0.5) is 0 Å². The molecule has 2 heterocycles. The van der Waals surface area contributed by atoms with Gasteiger partial charge in [-0.1, -0.05) is 22.0 Å². The molecule has 4 unspecified atom stereocenters. The van der Waals surface area contributed by atoms with Gasteiger partial charge < -0.3 is 15.2 Å². The van der Waals surface area contributed by atoms with E-state index in [0.717, 1.165) is 35.0 Å². The Hall–Kier alpha value is -0.580. The Morgan fingerprint density at radius 2 is 2.11 bits per heavy atom. The smallest absolute Gasteiger partial charge is 0.127 e. The summed E-state index contributed by atoms with van der Waals surface area (Å²) in [7, 11) is 0. The molecule has 2 N–H and O–H groups in total. The lowest BCUT2D eigenvalue weighted by molar-refractivity contribution is -0.0281. The Labute approximate surface area is 116 Å². The molecule has 0 aromatic heterocycles. The van der Waals surface area contributed by atoms with E-state index in [-0.39, 0.29) is 18.2 Å². The van der Waals surface area contributed by atoms with E-state index in [1.807, 2.05) is 18.2 Å². The van der Waals surface area contributed by atoms with Gasteiger partial charge in [0.1, 0.15) is 11.9 Å². The van der Waals surface area contributed by atoms with Crippen molar-refractivity contribution < 1.29 is 9.47 Å². The maximum absolute atomic E-state index is 6.24. The van der Waals surface area contributed by atoms with Gasteiger partial charge in [0.15, 0.2) is 0 Å². The summed E-state index contributed by atoms with van der Waals surface area (Å²) >= 11 is 3.47. The average Bonchev–Trinajstić information content (AvgIpc) is 2.75. The van der Waals surface area contributed by atoms with Gasteiger partial charge in [0.25, 0.3) is 0 Å². The van der Waals surface area contributed by atoms with E-state index in [4.69, 9.17) is 15.2 Å². The summed E-state index contributed by atoms with van der Waals surface area (Å²) in [5, 5.41) is 0. The molecular formula is C14H18BrNO2. The summed E-state index contributed by atoms with van der Waals surface area (Å²) in [4.78, 5) is 0. The van der Waals surface area contributed by atoms with Gasteiger partial charge in [-0.3, -0.25) is 0 Å². The maximum Gasteiger partial charge on any atom is 0.127 e. The fourth-order valence-electron chi connectivity index (χ4n) is 2.84. The molecule has 4 atom stereocenters. The largest absolute Gasteiger partial charge is 0.487 e. The van der Waals surface area contributed by atoms with E-state index < -0.39 is 0 Å². The van der Waals surface area contributed by atoms with Crippen LogP contribution in [0.5, 0.6) is 5.75 Å². The molecule has 3 nitrogen and oxygen atoms in total. The van der Waals surface area contributed by atoms with Crippen LogP contribution in [-0.4, -0.2) is 18.3 Å². The van der Waals surface area contributed by atoms with Crippen molar-refractivity contribution in [1.82, 2.24) is 0 Å².